The van der Waals surface area contributed by atoms with E-state index in [0.29, 0.717) is 34.7 Å². The van der Waals surface area contributed by atoms with Crippen LogP contribution in [0.4, 0.5) is 10.8 Å². The number of fused-ring (bicyclic) bond motifs is 1. The summed E-state index contributed by atoms with van der Waals surface area (Å²) < 4.78 is 11.5. The van der Waals surface area contributed by atoms with Crippen molar-refractivity contribution in [2.75, 3.05) is 18.6 Å². The Kier molecular flexibility index (Phi) is 6.52. The number of nitro benzene ring substituents is 1. The molecule has 0 saturated carbocycles. The Hall–Kier alpha value is -4.77. The number of Topliss-reactive ketones (excluding diaryl/α,β-unsaturated/α-hetero) is 1. The summed E-state index contributed by atoms with van der Waals surface area (Å²) in [6, 6.07) is 16.1. The first-order valence-corrected chi connectivity index (χ1v) is 12.4. The number of carbonyl (C=O) groups is 2. The smallest absolute Gasteiger partial charge is 0.301 e. The molecule has 0 radical (unpaired) electrons. The fourth-order valence-electron chi connectivity index (χ4n) is 4.28. The molecule has 1 N–H and O–H groups in total. The Labute approximate surface area is 220 Å². The number of hydrogen-bond acceptors (Lipinski definition) is 9. The maximum absolute atomic E-state index is 13.4. The molecule has 38 heavy (non-hydrogen) atoms. The first-order chi connectivity index (χ1) is 18.3. The van der Waals surface area contributed by atoms with Crippen LogP contribution in [0.5, 0.6) is 11.5 Å². The van der Waals surface area contributed by atoms with Crippen molar-refractivity contribution >= 4 is 49.8 Å². The standard InChI is InChI=1S/C27H21N3O7S/c1-3-37-19-12-13-20-21(14-19)38-27(28-20)29-23(15-4-8-17(9-5-15)30(34)35)22(25(32)26(29)33)24(31)16-6-10-18(36-2)11-7-16/h4-14,23,31H,3H2,1-2H3/t23-/m1/s1. The van der Waals surface area contributed by atoms with Crippen molar-refractivity contribution < 1.29 is 29.1 Å². The number of thiazole rings is 1. The maximum Gasteiger partial charge on any atom is 0.301 e. The second-order valence-corrected chi connectivity index (χ2v) is 9.31. The number of ether oxygens (including phenoxy) is 2. The van der Waals surface area contributed by atoms with Crippen LogP contribution in [0.15, 0.2) is 72.3 Å². The molecule has 192 valence electrons. The quantitative estimate of drug-likeness (QED) is 0.113. The fraction of sp³-hybridized carbons (Fsp3) is 0.148. The van der Waals surface area contributed by atoms with Gasteiger partial charge in [0, 0.05) is 17.7 Å². The van der Waals surface area contributed by atoms with Gasteiger partial charge < -0.3 is 14.6 Å². The van der Waals surface area contributed by atoms with Crippen LogP contribution in [0.1, 0.15) is 24.1 Å². The monoisotopic (exact) mass is 531 g/mol. The van der Waals surface area contributed by atoms with Gasteiger partial charge in [-0.1, -0.05) is 11.3 Å². The van der Waals surface area contributed by atoms with Gasteiger partial charge in [0.2, 0.25) is 0 Å². The molecule has 10 nitrogen and oxygen atoms in total. The Balaban J connectivity index is 1.68. The minimum absolute atomic E-state index is 0.149. The van der Waals surface area contributed by atoms with Gasteiger partial charge in [-0.2, -0.15) is 0 Å². The van der Waals surface area contributed by atoms with Crippen LogP contribution in [-0.2, 0) is 9.59 Å². The largest absolute Gasteiger partial charge is 0.507 e. The topological polar surface area (TPSA) is 132 Å². The highest BCUT2D eigenvalue weighted by Gasteiger charge is 2.48. The number of benzene rings is 3. The lowest BCUT2D eigenvalue weighted by Gasteiger charge is -2.22. The zero-order valence-electron chi connectivity index (χ0n) is 20.3. The number of methoxy groups -OCH3 is 1. The average Bonchev–Trinajstić information content (AvgIpc) is 3.46. The first-order valence-electron chi connectivity index (χ1n) is 11.6. The number of anilines is 1. The third-order valence-corrected chi connectivity index (χ3v) is 7.11. The number of amides is 1. The highest BCUT2D eigenvalue weighted by Crippen LogP contribution is 2.45. The fourth-order valence-corrected chi connectivity index (χ4v) is 5.30. The van der Waals surface area contributed by atoms with E-state index in [0.717, 1.165) is 4.70 Å². The van der Waals surface area contributed by atoms with E-state index in [4.69, 9.17) is 9.47 Å². The number of ketones is 1. The van der Waals surface area contributed by atoms with Crippen LogP contribution < -0.4 is 14.4 Å². The van der Waals surface area contributed by atoms with Gasteiger partial charge in [-0.25, -0.2) is 4.98 Å². The molecule has 4 aromatic rings. The number of rotatable bonds is 7. The molecule has 1 aliphatic heterocycles. The maximum atomic E-state index is 13.4. The summed E-state index contributed by atoms with van der Waals surface area (Å²) in [6.07, 6.45) is 0. The van der Waals surface area contributed by atoms with Crippen LogP contribution in [0, 0.1) is 10.1 Å². The third-order valence-electron chi connectivity index (χ3n) is 6.09. The van der Waals surface area contributed by atoms with Crippen LogP contribution in [0.25, 0.3) is 16.0 Å². The third kappa shape index (κ3) is 4.33. The lowest BCUT2D eigenvalue weighted by atomic mass is 9.95. The number of aliphatic hydroxyl groups excluding tert-OH is 1. The lowest BCUT2D eigenvalue weighted by molar-refractivity contribution is -0.384. The van der Waals surface area contributed by atoms with Gasteiger partial charge in [0.05, 0.1) is 40.5 Å². The van der Waals surface area contributed by atoms with Gasteiger partial charge in [-0.05, 0) is 67.1 Å². The van der Waals surface area contributed by atoms with E-state index in [2.05, 4.69) is 4.98 Å². The minimum atomic E-state index is -1.06. The van der Waals surface area contributed by atoms with Crippen molar-refractivity contribution in [1.82, 2.24) is 4.98 Å². The molecule has 0 spiro atoms. The summed E-state index contributed by atoms with van der Waals surface area (Å²) in [5.74, 6) is -0.946. The molecule has 0 unspecified atom stereocenters. The molecule has 2 heterocycles. The number of nitrogens with zero attached hydrogens (tertiary/aromatic N) is 3. The number of carbonyl (C=O) groups excluding carboxylic acids is 2. The molecule has 0 bridgehead atoms. The van der Waals surface area contributed by atoms with Crippen molar-refractivity contribution in [3.05, 3.63) is 93.5 Å². The van der Waals surface area contributed by atoms with E-state index in [9.17, 15) is 24.8 Å². The lowest BCUT2D eigenvalue weighted by Crippen LogP contribution is -2.29. The number of aliphatic hydroxyl groups is 1. The number of hydrogen-bond donors (Lipinski definition) is 1. The molecule has 1 atom stereocenters. The second-order valence-electron chi connectivity index (χ2n) is 8.31. The van der Waals surface area contributed by atoms with Gasteiger partial charge in [0.1, 0.15) is 17.3 Å². The molecule has 11 heteroatoms. The zero-order chi connectivity index (χ0) is 27.0. The van der Waals surface area contributed by atoms with Crippen molar-refractivity contribution in [3.8, 4) is 11.5 Å². The van der Waals surface area contributed by atoms with Crippen LogP contribution in [-0.4, -0.2) is 40.4 Å². The van der Waals surface area contributed by atoms with E-state index >= 15 is 0 Å². The molecule has 1 aromatic heterocycles. The van der Waals surface area contributed by atoms with Gasteiger partial charge in [-0.15, -0.1) is 0 Å². The second kappa shape index (κ2) is 9.94. The van der Waals surface area contributed by atoms with Crippen LogP contribution in [0.3, 0.4) is 0 Å². The molecule has 1 amide bonds. The van der Waals surface area contributed by atoms with Crippen molar-refractivity contribution in [2.45, 2.75) is 13.0 Å². The highest BCUT2D eigenvalue weighted by molar-refractivity contribution is 7.22. The summed E-state index contributed by atoms with van der Waals surface area (Å²) >= 11 is 1.19. The van der Waals surface area contributed by atoms with Gasteiger partial charge in [0.25, 0.3) is 11.5 Å². The van der Waals surface area contributed by atoms with Crippen LogP contribution in [0.2, 0.25) is 0 Å². The Morgan fingerprint density at radius 2 is 1.76 bits per heavy atom. The summed E-state index contributed by atoms with van der Waals surface area (Å²) in [5, 5.41) is 22.7. The molecular weight excluding hydrogens is 510 g/mol. The summed E-state index contributed by atoms with van der Waals surface area (Å²) in [6.45, 7) is 2.35. The minimum Gasteiger partial charge on any atom is -0.507 e. The first kappa shape index (κ1) is 24.9. The zero-order valence-corrected chi connectivity index (χ0v) is 21.1. The number of nitro groups is 1. The predicted octanol–water partition coefficient (Wildman–Crippen LogP) is 5.24. The molecule has 1 aliphatic rings. The molecule has 1 fully saturated rings. The van der Waals surface area contributed by atoms with Gasteiger partial charge >= 0.3 is 5.91 Å². The van der Waals surface area contributed by atoms with Crippen molar-refractivity contribution in [3.63, 3.8) is 0 Å². The van der Waals surface area contributed by atoms with E-state index in [-0.39, 0.29) is 22.2 Å². The molecule has 1 saturated heterocycles. The summed E-state index contributed by atoms with van der Waals surface area (Å²) in [5.41, 5.74) is 1.01. The molecule has 0 aliphatic carbocycles. The Bertz CT molecular complexity index is 1590. The molecular formula is C27H21N3O7S. The van der Waals surface area contributed by atoms with E-state index in [1.165, 1.54) is 47.6 Å². The Morgan fingerprint density at radius 3 is 2.39 bits per heavy atom. The summed E-state index contributed by atoms with van der Waals surface area (Å²) in [4.78, 5) is 43.2. The molecule has 3 aromatic carbocycles. The SMILES string of the molecule is CCOc1ccc2nc(N3C(=O)C(=O)C(=C(O)c4ccc(OC)cc4)[C@H]3c3ccc([N+](=O)[O-])cc3)sc2c1. The number of aromatic nitrogens is 1. The Morgan fingerprint density at radius 1 is 1.08 bits per heavy atom. The summed E-state index contributed by atoms with van der Waals surface area (Å²) in [7, 11) is 1.50. The highest BCUT2D eigenvalue weighted by atomic mass is 32.1. The van der Waals surface area contributed by atoms with Gasteiger partial charge in [0.15, 0.2) is 5.13 Å². The predicted molar refractivity (Wildman–Crippen MR) is 142 cm³/mol. The van der Waals surface area contributed by atoms with E-state index < -0.39 is 22.7 Å². The average molecular weight is 532 g/mol. The van der Waals surface area contributed by atoms with Gasteiger partial charge in [-0.3, -0.25) is 24.6 Å². The molecule has 5 rings (SSSR count). The van der Waals surface area contributed by atoms with E-state index in [1.807, 2.05) is 6.92 Å². The normalized spacial score (nSPS) is 16.7. The van der Waals surface area contributed by atoms with E-state index in [1.54, 1.807) is 42.5 Å². The van der Waals surface area contributed by atoms with Crippen LogP contribution >= 0.6 is 11.3 Å². The van der Waals surface area contributed by atoms with Crippen molar-refractivity contribution in [2.24, 2.45) is 0 Å². The number of non-ortho nitro benzene ring substituents is 1. The van der Waals surface area contributed by atoms with Crippen molar-refractivity contribution in [1.29, 1.82) is 0 Å².